The second kappa shape index (κ2) is 6.36. The van der Waals surface area contributed by atoms with E-state index in [9.17, 15) is 13.2 Å². The van der Waals surface area contributed by atoms with Gasteiger partial charge in [-0.3, -0.25) is 4.72 Å². The average molecular weight is 382 g/mol. The molecule has 27 heavy (non-hydrogen) atoms. The van der Waals surface area contributed by atoms with Crippen LogP contribution in [0.25, 0.3) is 22.4 Å². The maximum atomic E-state index is 12.7. The number of fused-ring (bicyclic) bond motifs is 1. The highest BCUT2D eigenvalue weighted by Crippen LogP contribution is 2.24. The first-order valence-electron chi connectivity index (χ1n) is 7.93. The molecule has 0 unspecified atom stereocenters. The zero-order valence-electron chi connectivity index (χ0n) is 14.2. The first-order valence-corrected chi connectivity index (χ1v) is 9.42. The van der Waals surface area contributed by atoms with Crippen molar-refractivity contribution in [1.29, 1.82) is 0 Å². The summed E-state index contributed by atoms with van der Waals surface area (Å²) < 4.78 is 34.8. The number of rotatable bonds is 4. The Morgan fingerprint density at radius 1 is 1.07 bits per heavy atom. The minimum atomic E-state index is -3.82. The van der Waals surface area contributed by atoms with Crippen LogP contribution in [0.5, 0.6) is 0 Å². The molecule has 0 atom stereocenters. The van der Waals surface area contributed by atoms with Gasteiger partial charge in [-0.2, -0.15) is 0 Å². The van der Waals surface area contributed by atoms with Gasteiger partial charge in [-0.25, -0.2) is 13.2 Å². The number of sulfonamides is 1. The predicted molar refractivity (Wildman–Crippen MR) is 99.7 cm³/mol. The summed E-state index contributed by atoms with van der Waals surface area (Å²) in [6, 6.07) is 14.0. The Labute approximate surface area is 154 Å². The normalized spacial score (nSPS) is 11.6. The molecule has 9 heteroatoms. The lowest BCUT2D eigenvalue weighted by atomic mass is 10.2. The average Bonchev–Trinajstić information content (AvgIpc) is 3.07. The summed E-state index contributed by atoms with van der Waals surface area (Å²) >= 11 is 0. The largest absolute Gasteiger partial charge is 0.423 e. The molecule has 0 bridgehead atoms. The van der Waals surface area contributed by atoms with Crippen molar-refractivity contribution < 1.29 is 12.8 Å². The van der Waals surface area contributed by atoms with Gasteiger partial charge in [-0.1, -0.05) is 12.1 Å². The summed E-state index contributed by atoms with van der Waals surface area (Å²) in [7, 11) is -2.02. The molecule has 0 aliphatic rings. The van der Waals surface area contributed by atoms with Crippen molar-refractivity contribution in [2.24, 2.45) is 7.05 Å². The molecule has 0 amide bonds. The number of hydrogen-bond acceptors (Lipinski definition) is 6. The Kier molecular flexibility index (Phi) is 4.00. The maximum absolute atomic E-state index is 12.7. The Bertz CT molecular complexity index is 1310. The monoisotopic (exact) mass is 382 g/mol. The van der Waals surface area contributed by atoms with Crippen LogP contribution in [0.2, 0.25) is 0 Å². The van der Waals surface area contributed by atoms with Crippen molar-refractivity contribution in [3.05, 3.63) is 71.3 Å². The van der Waals surface area contributed by atoms with Gasteiger partial charge in [-0.05, 0) is 36.4 Å². The zero-order chi connectivity index (χ0) is 19.0. The van der Waals surface area contributed by atoms with Gasteiger partial charge in [0, 0.05) is 29.8 Å². The van der Waals surface area contributed by atoms with Gasteiger partial charge >= 0.3 is 5.63 Å². The van der Waals surface area contributed by atoms with E-state index in [1.807, 2.05) is 6.07 Å². The molecule has 0 spiro atoms. The van der Waals surface area contributed by atoms with Gasteiger partial charge < -0.3 is 8.98 Å². The molecule has 2 aromatic heterocycles. The fourth-order valence-electron chi connectivity index (χ4n) is 2.70. The number of nitrogens with zero attached hydrogens (tertiary/aromatic N) is 3. The molecule has 8 nitrogen and oxygen atoms in total. The third-order valence-electron chi connectivity index (χ3n) is 3.99. The summed E-state index contributed by atoms with van der Waals surface area (Å²) in [6.45, 7) is 0. The minimum absolute atomic E-state index is 0.0629. The van der Waals surface area contributed by atoms with E-state index in [1.54, 1.807) is 36.1 Å². The van der Waals surface area contributed by atoms with Crippen LogP contribution in [-0.4, -0.2) is 23.2 Å². The Morgan fingerprint density at radius 3 is 2.70 bits per heavy atom. The van der Waals surface area contributed by atoms with Crippen LogP contribution < -0.4 is 10.3 Å². The molecule has 0 saturated carbocycles. The molecule has 2 heterocycles. The van der Waals surface area contributed by atoms with Gasteiger partial charge in [0.25, 0.3) is 10.0 Å². The number of aryl methyl sites for hydroxylation is 1. The smallest absolute Gasteiger partial charge is 0.336 e. The van der Waals surface area contributed by atoms with Crippen molar-refractivity contribution in [2.45, 2.75) is 4.90 Å². The van der Waals surface area contributed by atoms with Crippen molar-refractivity contribution in [2.75, 3.05) is 4.72 Å². The van der Waals surface area contributed by atoms with Crippen molar-refractivity contribution in [1.82, 2.24) is 14.8 Å². The number of anilines is 1. The van der Waals surface area contributed by atoms with E-state index in [0.717, 1.165) is 5.56 Å². The summed E-state index contributed by atoms with van der Waals surface area (Å²) in [4.78, 5) is 11.3. The molecular weight excluding hydrogens is 368 g/mol. The van der Waals surface area contributed by atoms with E-state index in [1.165, 1.54) is 30.3 Å². The van der Waals surface area contributed by atoms with Crippen LogP contribution in [0.15, 0.2) is 75.0 Å². The molecule has 0 aliphatic heterocycles. The highest BCUT2D eigenvalue weighted by molar-refractivity contribution is 7.92. The van der Waals surface area contributed by atoms with Gasteiger partial charge in [-0.15, -0.1) is 10.2 Å². The van der Waals surface area contributed by atoms with Crippen LogP contribution in [0, 0.1) is 0 Å². The molecule has 2 aromatic carbocycles. The van der Waals surface area contributed by atoms with E-state index in [4.69, 9.17) is 4.42 Å². The Balaban J connectivity index is 1.68. The van der Waals surface area contributed by atoms with Gasteiger partial charge in [0.1, 0.15) is 11.9 Å². The maximum Gasteiger partial charge on any atom is 0.336 e. The fraction of sp³-hybridized carbons (Fsp3) is 0.0556. The molecule has 0 saturated heterocycles. The Hall–Kier alpha value is -3.46. The third kappa shape index (κ3) is 3.32. The second-order valence-electron chi connectivity index (χ2n) is 5.91. The predicted octanol–water partition coefficient (Wildman–Crippen LogP) is 2.39. The molecule has 0 fully saturated rings. The zero-order valence-corrected chi connectivity index (χ0v) is 15.0. The van der Waals surface area contributed by atoms with Crippen LogP contribution >= 0.6 is 0 Å². The van der Waals surface area contributed by atoms with Crippen LogP contribution in [-0.2, 0) is 17.1 Å². The third-order valence-corrected chi connectivity index (χ3v) is 5.36. The van der Waals surface area contributed by atoms with Crippen LogP contribution in [0.4, 0.5) is 5.69 Å². The molecule has 0 radical (unpaired) electrons. The lowest BCUT2D eigenvalue weighted by molar-refractivity contribution is 0.560. The standard InChI is InChI=1S/C18H14N4O4S/c1-22-11-19-20-18(22)13-3-2-4-14(9-13)21-27(24,25)15-6-7-16-12(10-15)5-8-17(23)26-16/h2-11,21H,1H3. The van der Waals surface area contributed by atoms with E-state index in [-0.39, 0.29) is 4.90 Å². The summed E-state index contributed by atoms with van der Waals surface area (Å²) in [5, 5.41) is 8.37. The topological polar surface area (TPSA) is 107 Å². The lowest BCUT2D eigenvalue weighted by Gasteiger charge is -2.10. The molecule has 1 N–H and O–H groups in total. The first-order chi connectivity index (χ1) is 12.9. The molecule has 4 rings (SSSR count). The van der Waals surface area contributed by atoms with Crippen molar-refractivity contribution >= 4 is 26.7 Å². The van der Waals surface area contributed by atoms with Crippen LogP contribution in [0.1, 0.15) is 0 Å². The number of nitrogens with one attached hydrogen (secondary N) is 1. The van der Waals surface area contributed by atoms with Gasteiger partial charge in [0.2, 0.25) is 0 Å². The summed E-state index contributed by atoms with van der Waals surface area (Å²) in [5.74, 6) is 0.622. The van der Waals surface area contributed by atoms with E-state index in [0.29, 0.717) is 22.5 Å². The van der Waals surface area contributed by atoms with Gasteiger partial charge in [0.05, 0.1) is 4.90 Å². The van der Waals surface area contributed by atoms with Gasteiger partial charge in [0.15, 0.2) is 5.82 Å². The molecular formula is C18H14N4O4S. The number of hydrogen-bond donors (Lipinski definition) is 1. The minimum Gasteiger partial charge on any atom is -0.423 e. The number of aromatic nitrogens is 3. The SMILES string of the molecule is Cn1cnnc1-c1cccc(NS(=O)(=O)c2ccc3oc(=O)ccc3c2)c1. The molecule has 136 valence electrons. The van der Waals surface area contributed by atoms with E-state index >= 15 is 0 Å². The van der Waals surface area contributed by atoms with E-state index in [2.05, 4.69) is 14.9 Å². The molecule has 0 aliphatic carbocycles. The lowest BCUT2D eigenvalue weighted by Crippen LogP contribution is -2.13. The molecule has 4 aromatic rings. The first kappa shape index (κ1) is 17.0. The van der Waals surface area contributed by atoms with Crippen molar-refractivity contribution in [3.8, 4) is 11.4 Å². The van der Waals surface area contributed by atoms with Crippen LogP contribution in [0.3, 0.4) is 0 Å². The summed E-state index contributed by atoms with van der Waals surface area (Å²) in [6.07, 6.45) is 1.57. The summed E-state index contributed by atoms with van der Waals surface area (Å²) in [5.41, 5.74) is 0.966. The fourth-order valence-corrected chi connectivity index (χ4v) is 3.78. The highest BCUT2D eigenvalue weighted by Gasteiger charge is 2.16. The second-order valence-corrected chi connectivity index (χ2v) is 7.59. The number of benzene rings is 2. The van der Waals surface area contributed by atoms with Crippen molar-refractivity contribution in [3.63, 3.8) is 0 Å². The highest BCUT2D eigenvalue weighted by atomic mass is 32.2. The van der Waals surface area contributed by atoms with E-state index < -0.39 is 15.6 Å². The Morgan fingerprint density at radius 2 is 1.93 bits per heavy atom. The quantitative estimate of drug-likeness (QED) is 0.543.